The molecule has 2 heterocycles. The largest absolute Gasteiger partial charge is 0.459 e. The van der Waals surface area contributed by atoms with Crippen LogP contribution in [0.4, 0.5) is 0 Å². The molecule has 0 bridgehead atoms. The number of carbonyl (C=O) groups is 2. The van der Waals surface area contributed by atoms with Crippen molar-refractivity contribution in [2.45, 2.75) is 19.3 Å². The van der Waals surface area contributed by atoms with Crippen molar-refractivity contribution in [3.8, 4) is 0 Å². The van der Waals surface area contributed by atoms with E-state index in [0.717, 1.165) is 32.4 Å². The zero-order chi connectivity index (χ0) is 17.5. The molecule has 0 aliphatic carbocycles. The van der Waals surface area contributed by atoms with E-state index in [4.69, 9.17) is 4.42 Å². The summed E-state index contributed by atoms with van der Waals surface area (Å²) < 4.78 is 4.96. The van der Waals surface area contributed by atoms with Crippen LogP contribution < -0.4 is 10.9 Å². The number of hydrogen-bond acceptors (Lipinski definition) is 4. The lowest BCUT2D eigenvalue weighted by atomic mass is 9.90. The molecule has 2 amide bonds. The summed E-state index contributed by atoms with van der Waals surface area (Å²) in [6.45, 7) is 2.09. The lowest BCUT2D eigenvalue weighted by Crippen LogP contribution is -2.47. The number of amides is 2. The third kappa shape index (κ3) is 5.19. The van der Waals surface area contributed by atoms with Gasteiger partial charge in [-0.3, -0.25) is 25.3 Å². The first-order valence-corrected chi connectivity index (χ1v) is 8.59. The zero-order valence-electron chi connectivity index (χ0n) is 14.1. The highest BCUT2D eigenvalue weighted by molar-refractivity contribution is 5.93. The van der Waals surface area contributed by atoms with E-state index in [2.05, 4.69) is 40.0 Å². The van der Waals surface area contributed by atoms with Crippen molar-refractivity contribution < 1.29 is 14.0 Å². The molecule has 0 unspecified atom stereocenters. The molecule has 6 nitrogen and oxygen atoms in total. The fourth-order valence-corrected chi connectivity index (χ4v) is 3.13. The molecule has 2 N–H and O–H groups in total. The Labute approximate surface area is 147 Å². The Morgan fingerprint density at radius 1 is 1.04 bits per heavy atom. The van der Waals surface area contributed by atoms with Gasteiger partial charge in [0.05, 0.1) is 12.8 Å². The van der Waals surface area contributed by atoms with E-state index in [0.29, 0.717) is 5.92 Å². The molecule has 1 aromatic heterocycles. The summed E-state index contributed by atoms with van der Waals surface area (Å²) >= 11 is 0. The molecule has 1 fully saturated rings. The van der Waals surface area contributed by atoms with Crippen molar-refractivity contribution in [1.82, 2.24) is 15.8 Å². The van der Waals surface area contributed by atoms with Crippen molar-refractivity contribution >= 4 is 11.8 Å². The van der Waals surface area contributed by atoms with Crippen LogP contribution in [-0.2, 0) is 11.2 Å². The van der Waals surface area contributed by atoms with Crippen LogP contribution in [0, 0.1) is 5.92 Å². The van der Waals surface area contributed by atoms with Gasteiger partial charge in [-0.15, -0.1) is 0 Å². The first-order chi connectivity index (χ1) is 12.2. The van der Waals surface area contributed by atoms with E-state index in [1.165, 1.54) is 11.8 Å². The molecule has 0 saturated carbocycles. The van der Waals surface area contributed by atoms with Gasteiger partial charge >= 0.3 is 5.91 Å². The van der Waals surface area contributed by atoms with E-state index in [9.17, 15) is 9.59 Å². The second-order valence-electron chi connectivity index (χ2n) is 6.39. The van der Waals surface area contributed by atoms with E-state index in [-0.39, 0.29) is 18.2 Å². The highest BCUT2D eigenvalue weighted by atomic mass is 16.3. The van der Waals surface area contributed by atoms with Crippen LogP contribution in [0.25, 0.3) is 0 Å². The third-order valence-electron chi connectivity index (χ3n) is 4.50. The van der Waals surface area contributed by atoms with Crippen molar-refractivity contribution in [1.29, 1.82) is 0 Å². The molecule has 1 aliphatic heterocycles. The van der Waals surface area contributed by atoms with Gasteiger partial charge in [-0.25, -0.2) is 0 Å². The molecule has 132 valence electrons. The molecule has 6 heteroatoms. The number of rotatable bonds is 5. The summed E-state index contributed by atoms with van der Waals surface area (Å²) in [6, 6.07) is 13.7. The summed E-state index contributed by atoms with van der Waals surface area (Å²) in [5.74, 6) is 0.156. The number of nitrogens with zero attached hydrogens (tertiary/aromatic N) is 1. The number of likely N-dealkylation sites (tertiary alicyclic amines) is 1. The number of nitrogens with one attached hydrogen (secondary N) is 2. The van der Waals surface area contributed by atoms with Crippen LogP contribution in [0.2, 0.25) is 0 Å². The van der Waals surface area contributed by atoms with Gasteiger partial charge in [0.15, 0.2) is 5.76 Å². The van der Waals surface area contributed by atoms with Crippen LogP contribution in [0.3, 0.4) is 0 Å². The number of hydrazine groups is 1. The fourth-order valence-electron chi connectivity index (χ4n) is 3.13. The monoisotopic (exact) mass is 341 g/mol. The van der Waals surface area contributed by atoms with Gasteiger partial charge in [0.2, 0.25) is 0 Å². The molecule has 3 rings (SSSR count). The minimum atomic E-state index is -0.458. The number of piperidine rings is 1. The Morgan fingerprint density at radius 2 is 1.80 bits per heavy atom. The van der Waals surface area contributed by atoms with E-state index in [1.807, 2.05) is 6.07 Å². The van der Waals surface area contributed by atoms with E-state index < -0.39 is 5.91 Å². The molecule has 1 aliphatic rings. The molecular weight excluding hydrogens is 318 g/mol. The summed E-state index contributed by atoms with van der Waals surface area (Å²) in [4.78, 5) is 25.8. The molecule has 0 spiro atoms. The molecule has 0 radical (unpaired) electrons. The van der Waals surface area contributed by atoms with Crippen LogP contribution in [-0.4, -0.2) is 36.3 Å². The normalized spacial score (nSPS) is 15.7. The van der Waals surface area contributed by atoms with Crippen molar-refractivity contribution in [3.05, 3.63) is 60.1 Å². The van der Waals surface area contributed by atoms with Gasteiger partial charge in [0.25, 0.3) is 5.91 Å². The van der Waals surface area contributed by atoms with Gasteiger partial charge in [-0.1, -0.05) is 30.3 Å². The maximum absolute atomic E-state index is 12.0. The predicted octanol–water partition coefficient (Wildman–Crippen LogP) is 2.00. The Bertz CT molecular complexity index is 677. The van der Waals surface area contributed by atoms with Crippen molar-refractivity contribution in [2.75, 3.05) is 19.6 Å². The van der Waals surface area contributed by atoms with Crippen LogP contribution in [0.1, 0.15) is 29.0 Å². The topological polar surface area (TPSA) is 74.6 Å². The molecule has 1 aromatic carbocycles. The lowest BCUT2D eigenvalue weighted by molar-refractivity contribution is -0.123. The molecule has 1 saturated heterocycles. The Kier molecular flexibility index (Phi) is 5.85. The van der Waals surface area contributed by atoms with Gasteiger partial charge in [-0.05, 0) is 56.0 Å². The van der Waals surface area contributed by atoms with Crippen molar-refractivity contribution in [3.63, 3.8) is 0 Å². The highest BCUT2D eigenvalue weighted by Gasteiger charge is 2.21. The number of furan rings is 1. The molecular formula is C19H23N3O3. The Balaban J connectivity index is 1.35. The lowest BCUT2D eigenvalue weighted by Gasteiger charge is -2.31. The SMILES string of the molecule is O=C(CN1CCC(Cc2ccccc2)CC1)NNC(=O)c1ccco1. The molecule has 2 aromatic rings. The maximum Gasteiger partial charge on any atom is 0.305 e. The summed E-state index contributed by atoms with van der Waals surface area (Å²) in [5, 5.41) is 0. The minimum absolute atomic E-state index is 0.169. The average Bonchev–Trinajstić information content (AvgIpc) is 3.17. The van der Waals surface area contributed by atoms with Gasteiger partial charge < -0.3 is 4.42 Å². The first kappa shape index (κ1) is 17.2. The average molecular weight is 341 g/mol. The summed E-state index contributed by atoms with van der Waals surface area (Å²) in [7, 11) is 0. The smallest absolute Gasteiger partial charge is 0.305 e. The standard InChI is InChI=1S/C19H23N3O3/c23-18(20-21-19(24)17-7-4-12-25-17)14-22-10-8-16(9-11-22)13-15-5-2-1-3-6-15/h1-7,12,16H,8-11,13-14H2,(H,20,23)(H,21,24). The van der Waals surface area contributed by atoms with Crippen LogP contribution in [0.5, 0.6) is 0 Å². The zero-order valence-corrected chi connectivity index (χ0v) is 14.1. The quantitative estimate of drug-likeness (QED) is 0.816. The Morgan fingerprint density at radius 3 is 2.48 bits per heavy atom. The maximum atomic E-state index is 12.0. The summed E-state index contributed by atoms with van der Waals surface area (Å²) in [6.07, 6.45) is 4.68. The summed E-state index contributed by atoms with van der Waals surface area (Å²) in [5.41, 5.74) is 6.16. The number of hydrogen-bond donors (Lipinski definition) is 2. The van der Waals surface area contributed by atoms with Crippen molar-refractivity contribution in [2.24, 2.45) is 5.92 Å². The number of benzene rings is 1. The molecule has 0 atom stereocenters. The Hall–Kier alpha value is -2.60. The second-order valence-corrected chi connectivity index (χ2v) is 6.39. The van der Waals surface area contributed by atoms with Crippen LogP contribution >= 0.6 is 0 Å². The minimum Gasteiger partial charge on any atom is -0.459 e. The number of carbonyl (C=O) groups excluding carboxylic acids is 2. The third-order valence-corrected chi connectivity index (χ3v) is 4.50. The van der Waals surface area contributed by atoms with E-state index in [1.54, 1.807) is 12.1 Å². The molecule has 25 heavy (non-hydrogen) atoms. The second kappa shape index (κ2) is 8.48. The fraction of sp³-hybridized carbons (Fsp3) is 0.368. The van der Waals surface area contributed by atoms with Gasteiger partial charge in [0, 0.05) is 0 Å². The predicted molar refractivity (Wildman–Crippen MR) is 93.6 cm³/mol. The first-order valence-electron chi connectivity index (χ1n) is 8.59. The van der Waals surface area contributed by atoms with E-state index >= 15 is 0 Å². The van der Waals surface area contributed by atoms with Gasteiger partial charge in [-0.2, -0.15) is 0 Å². The highest BCUT2D eigenvalue weighted by Crippen LogP contribution is 2.21. The van der Waals surface area contributed by atoms with Crippen LogP contribution in [0.15, 0.2) is 53.1 Å². The van der Waals surface area contributed by atoms with Gasteiger partial charge in [0.1, 0.15) is 0 Å².